The van der Waals surface area contributed by atoms with Crippen LogP contribution in [0.5, 0.6) is 0 Å². The van der Waals surface area contributed by atoms with Gasteiger partial charge in [-0.1, -0.05) is 6.07 Å². The van der Waals surface area contributed by atoms with Crippen LogP contribution in [0, 0.1) is 12.7 Å². The van der Waals surface area contributed by atoms with Crippen LogP contribution >= 0.6 is 11.3 Å². The van der Waals surface area contributed by atoms with Gasteiger partial charge >= 0.3 is 0 Å². The molecule has 0 aliphatic heterocycles. The number of ketones is 1. The van der Waals surface area contributed by atoms with E-state index >= 15 is 0 Å². The Labute approximate surface area is 116 Å². The van der Waals surface area contributed by atoms with Crippen molar-refractivity contribution < 1.29 is 9.18 Å². The van der Waals surface area contributed by atoms with Crippen molar-refractivity contribution in [3.63, 3.8) is 0 Å². The highest BCUT2D eigenvalue weighted by Crippen LogP contribution is 2.26. The first-order chi connectivity index (χ1) is 8.99. The molecule has 0 unspecified atom stereocenters. The van der Waals surface area contributed by atoms with Gasteiger partial charge in [0.25, 0.3) is 0 Å². The first kappa shape index (κ1) is 13.7. The average Bonchev–Trinajstić information content (AvgIpc) is 2.84. The Kier molecular flexibility index (Phi) is 4.00. The third-order valence-corrected chi connectivity index (χ3v) is 3.90. The van der Waals surface area contributed by atoms with Crippen LogP contribution in [-0.2, 0) is 6.54 Å². The van der Waals surface area contributed by atoms with E-state index < -0.39 is 0 Å². The lowest BCUT2D eigenvalue weighted by molar-refractivity contribution is 0.101. The minimum atomic E-state index is -0.335. The van der Waals surface area contributed by atoms with Gasteiger partial charge in [0.1, 0.15) is 5.82 Å². The second kappa shape index (κ2) is 5.53. The Morgan fingerprint density at radius 3 is 2.74 bits per heavy atom. The van der Waals surface area contributed by atoms with E-state index in [9.17, 15) is 9.18 Å². The summed E-state index contributed by atoms with van der Waals surface area (Å²) in [6, 6.07) is 7.11. The summed E-state index contributed by atoms with van der Waals surface area (Å²) in [6.07, 6.45) is 0. The molecule has 0 radical (unpaired) electrons. The molecule has 2 rings (SSSR count). The van der Waals surface area contributed by atoms with Gasteiger partial charge in [-0.3, -0.25) is 4.79 Å². The minimum Gasteiger partial charge on any atom is -0.369 e. The number of benzene rings is 1. The number of Topliss-reactive ketones (excluding diaryl/α,β-unsaturated/α-hetero) is 1. The number of nitrogens with zero attached hydrogens (tertiary/aromatic N) is 1. The van der Waals surface area contributed by atoms with Gasteiger partial charge < -0.3 is 4.90 Å². The topological polar surface area (TPSA) is 20.3 Å². The SMILES string of the molecule is CC(=O)c1cc(F)c(C)cc1N(C)Cc1cccs1. The lowest BCUT2D eigenvalue weighted by Gasteiger charge is -2.22. The van der Waals surface area contributed by atoms with Crippen LogP contribution in [0.4, 0.5) is 10.1 Å². The maximum Gasteiger partial charge on any atom is 0.161 e. The smallest absolute Gasteiger partial charge is 0.161 e. The number of carbonyl (C=O) groups excluding carboxylic acids is 1. The van der Waals surface area contributed by atoms with Crippen molar-refractivity contribution in [1.29, 1.82) is 0 Å². The number of rotatable bonds is 4. The van der Waals surface area contributed by atoms with Crippen LogP contribution in [0.2, 0.25) is 0 Å². The van der Waals surface area contributed by atoms with E-state index in [2.05, 4.69) is 0 Å². The molecule has 0 bridgehead atoms. The van der Waals surface area contributed by atoms with Crippen molar-refractivity contribution in [2.45, 2.75) is 20.4 Å². The van der Waals surface area contributed by atoms with Crippen LogP contribution in [0.3, 0.4) is 0 Å². The van der Waals surface area contributed by atoms with Crippen molar-refractivity contribution >= 4 is 22.8 Å². The van der Waals surface area contributed by atoms with Gasteiger partial charge in [-0.25, -0.2) is 4.39 Å². The molecule has 0 saturated carbocycles. The van der Waals surface area contributed by atoms with Gasteiger partial charge in [0.2, 0.25) is 0 Å². The van der Waals surface area contributed by atoms with Crippen molar-refractivity contribution in [2.24, 2.45) is 0 Å². The molecular formula is C15H16FNOS. The number of halogens is 1. The van der Waals surface area contributed by atoms with Gasteiger partial charge in [0.15, 0.2) is 5.78 Å². The summed E-state index contributed by atoms with van der Waals surface area (Å²) in [4.78, 5) is 14.8. The van der Waals surface area contributed by atoms with E-state index in [1.165, 1.54) is 17.9 Å². The molecule has 0 amide bonds. The molecule has 0 saturated heterocycles. The molecule has 0 N–H and O–H groups in total. The summed E-state index contributed by atoms with van der Waals surface area (Å²) >= 11 is 1.67. The Balaban J connectivity index is 2.37. The highest BCUT2D eigenvalue weighted by Gasteiger charge is 2.15. The van der Waals surface area contributed by atoms with Crippen LogP contribution in [0.1, 0.15) is 27.7 Å². The quantitative estimate of drug-likeness (QED) is 0.786. The maximum absolute atomic E-state index is 13.6. The first-order valence-corrected chi connectivity index (χ1v) is 6.91. The molecule has 0 atom stereocenters. The van der Waals surface area contributed by atoms with Crippen molar-refractivity contribution in [3.8, 4) is 0 Å². The Morgan fingerprint density at radius 2 is 2.16 bits per heavy atom. The molecule has 1 heterocycles. The standard InChI is InChI=1S/C15H16FNOS/c1-10-7-15(13(11(2)18)8-14(10)16)17(3)9-12-5-4-6-19-12/h4-8H,9H2,1-3H3. The number of thiophene rings is 1. The maximum atomic E-state index is 13.6. The fourth-order valence-electron chi connectivity index (χ4n) is 1.99. The summed E-state index contributed by atoms with van der Waals surface area (Å²) in [5.74, 6) is -0.453. The largest absolute Gasteiger partial charge is 0.369 e. The van der Waals surface area contributed by atoms with Crippen LogP contribution in [0.25, 0.3) is 0 Å². The molecule has 0 aliphatic rings. The van der Waals surface area contributed by atoms with E-state index in [1.807, 2.05) is 29.5 Å². The summed E-state index contributed by atoms with van der Waals surface area (Å²) in [6.45, 7) is 3.89. The summed E-state index contributed by atoms with van der Waals surface area (Å²) in [5.41, 5.74) is 1.76. The fraction of sp³-hybridized carbons (Fsp3) is 0.267. The second-order valence-corrected chi connectivity index (χ2v) is 5.64. The fourth-order valence-corrected chi connectivity index (χ4v) is 2.74. The molecule has 0 fully saturated rings. The van der Waals surface area contributed by atoms with Gasteiger partial charge in [0.05, 0.1) is 6.54 Å². The van der Waals surface area contributed by atoms with Gasteiger partial charge in [0, 0.05) is 23.2 Å². The molecule has 0 aliphatic carbocycles. The zero-order valence-electron chi connectivity index (χ0n) is 11.2. The van der Waals surface area contributed by atoms with Crippen molar-refractivity contribution in [2.75, 3.05) is 11.9 Å². The molecule has 0 spiro atoms. The third-order valence-electron chi connectivity index (χ3n) is 3.04. The molecule has 2 nitrogen and oxygen atoms in total. The Morgan fingerprint density at radius 1 is 1.42 bits per heavy atom. The summed E-state index contributed by atoms with van der Waals surface area (Å²) in [7, 11) is 1.92. The molecule has 4 heteroatoms. The second-order valence-electron chi connectivity index (χ2n) is 4.61. The van der Waals surface area contributed by atoms with E-state index in [-0.39, 0.29) is 11.6 Å². The number of hydrogen-bond donors (Lipinski definition) is 0. The van der Waals surface area contributed by atoms with Crippen LogP contribution < -0.4 is 4.90 Å². The monoisotopic (exact) mass is 277 g/mol. The molecule has 19 heavy (non-hydrogen) atoms. The van der Waals surface area contributed by atoms with Crippen molar-refractivity contribution in [3.05, 3.63) is 51.5 Å². The molecule has 1 aromatic heterocycles. The van der Waals surface area contributed by atoms with Gasteiger partial charge in [-0.2, -0.15) is 0 Å². The van der Waals surface area contributed by atoms with E-state index in [0.717, 1.165) is 5.69 Å². The average molecular weight is 277 g/mol. The van der Waals surface area contributed by atoms with E-state index in [4.69, 9.17) is 0 Å². The van der Waals surface area contributed by atoms with Gasteiger partial charge in [-0.05, 0) is 43.0 Å². The molecular weight excluding hydrogens is 261 g/mol. The number of carbonyl (C=O) groups is 1. The first-order valence-electron chi connectivity index (χ1n) is 6.03. The summed E-state index contributed by atoms with van der Waals surface area (Å²) < 4.78 is 13.6. The van der Waals surface area contributed by atoms with E-state index in [1.54, 1.807) is 24.3 Å². The van der Waals surface area contributed by atoms with E-state index in [0.29, 0.717) is 17.7 Å². The normalized spacial score (nSPS) is 10.5. The molecule has 100 valence electrons. The third kappa shape index (κ3) is 3.01. The number of aryl methyl sites for hydroxylation is 1. The van der Waals surface area contributed by atoms with Gasteiger partial charge in [-0.15, -0.1) is 11.3 Å². The van der Waals surface area contributed by atoms with Crippen LogP contribution in [-0.4, -0.2) is 12.8 Å². The predicted octanol–water partition coefficient (Wildman–Crippen LogP) is 4.03. The zero-order valence-corrected chi connectivity index (χ0v) is 12.1. The minimum absolute atomic E-state index is 0.119. The lowest BCUT2D eigenvalue weighted by atomic mass is 10.0. The Bertz CT molecular complexity index is 592. The number of anilines is 1. The highest BCUT2D eigenvalue weighted by molar-refractivity contribution is 7.09. The highest BCUT2D eigenvalue weighted by atomic mass is 32.1. The molecule has 1 aromatic carbocycles. The molecule has 2 aromatic rings. The number of hydrogen-bond acceptors (Lipinski definition) is 3. The van der Waals surface area contributed by atoms with Crippen molar-refractivity contribution in [1.82, 2.24) is 0 Å². The Hall–Kier alpha value is -1.68. The zero-order chi connectivity index (χ0) is 14.0. The lowest BCUT2D eigenvalue weighted by Crippen LogP contribution is -2.19. The summed E-state index contributed by atoms with van der Waals surface area (Å²) in [5, 5.41) is 2.02. The predicted molar refractivity (Wildman–Crippen MR) is 77.6 cm³/mol. The van der Waals surface area contributed by atoms with Crippen LogP contribution in [0.15, 0.2) is 29.6 Å².